The SMILES string of the molecule is N#Cc1c(N)sc2c(F)ccc(-c3c(F)cc4c5c3C(F)NN5CC[C@H]3CNCCN3C4=O)c12. The van der Waals surface area contributed by atoms with Gasteiger partial charge in [0.25, 0.3) is 5.91 Å². The molecule has 2 aromatic carbocycles. The first kappa shape index (κ1) is 21.2. The Labute approximate surface area is 196 Å². The van der Waals surface area contributed by atoms with Crippen LogP contribution in [0.15, 0.2) is 18.2 Å². The first-order valence-corrected chi connectivity index (χ1v) is 11.7. The van der Waals surface area contributed by atoms with Crippen LogP contribution in [0.2, 0.25) is 0 Å². The molecule has 3 aromatic rings. The van der Waals surface area contributed by atoms with E-state index in [1.165, 1.54) is 6.07 Å². The molecule has 174 valence electrons. The second kappa shape index (κ2) is 7.59. The first-order valence-electron chi connectivity index (χ1n) is 10.9. The summed E-state index contributed by atoms with van der Waals surface area (Å²) in [6, 6.07) is 5.50. The Morgan fingerprint density at radius 2 is 2.03 bits per heavy atom. The van der Waals surface area contributed by atoms with E-state index in [0.29, 0.717) is 32.6 Å². The number of halogens is 3. The summed E-state index contributed by atoms with van der Waals surface area (Å²) in [6.45, 7) is 2.13. The molecule has 1 unspecified atom stereocenters. The largest absolute Gasteiger partial charge is 0.389 e. The Morgan fingerprint density at radius 3 is 2.82 bits per heavy atom. The summed E-state index contributed by atoms with van der Waals surface area (Å²) in [5.74, 6) is -1.77. The number of carbonyl (C=O) groups is 1. The minimum Gasteiger partial charge on any atom is -0.389 e. The molecule has 0 aliphatic carbocycles. The second-order valence-electron chi connectivity index (χ2n) is 8.58. The summed E-state index contributed by atoms with van der Waals surface area (Å²) in [7, 11) is 0. The van der Waals surface area contributed by atoms with Crippen molar-refractivity contribution in [3.63, 3.8) is 0 Å². The van der Waals surface area contributed by atoms with Gasteiger partial charge in [-0.15, -0.1) is 11.3 Å². The lowest BCUT2D eigenvalue weighted by molar-refractivity contribution is 0.0620. The summed E-state index contributed by atoms with van der Waals surface area (Å²) in [5, 5.41) is 14.7. The predicted octanol–water partition coefficient (Wildman–Crippen LogP) is 3.41. The van der Waals surface area contributed by atoms with Crippen LogP contribution in [0.1, 0.15) is 34.2 Å². The zero-order valence-electron chi connectivity index (χ0n) is 17.8. The number of alkyl halides is 1. The normalized spacial score (nSPS) is 21.8. The molecule has 3 aliphatic heterocycles. The number of nitrogens with one attached hydrogen (secondary N) is 2. The second-order valence-corrected chi connectivity index (χ2v) is 9.64. The van der Waals surface area contributed by atoms with Crippen molar-refractivity contribution in [2.75, 3.05) is 36.9 Å². The summed E-state index contributed by atoms with van der Waals surface area (Å²) >= 11 is 0.888. The van der Waals surface area contributed by atoms with Crippen LogP contribution in [0.3, 0.4) is 0 Å². The van der Waals surface area contributed by atoms with Gasteiger partial charge in [0.05, 0.1) is 21.5 Å². The molecule has 0 bridgehead atoms. The van der Waals surface area contributed by atoms with Crippen molar-refractivity contribution in [2.24, 2.45) is 0 Å². The van der Waals surface area contributed by atoms with Crippen LogP contribution < -0.4 is 21.5 Å². The van der Waals surface area contributed by atoms with E-state index < -0.39 is 17.9 Å². The van der Waals surface area contributed by atoms with E-state index in [1.54, 1.807) is 9.91 Å². The molecular weight excluding hydrogens is 465 g/mol. The van der Waals surface area contributed by atoms with Crippen molar-refractivity contribution in [3.8, 4) is 17.2 Å². The van der Waals surface area contributed by atoms with Gasteiger partial charge >= 0.3 is 0 Å². The van der Waals surface area contributed by atoms with Gasteiger partial charge in [0, 0.05) is 48.7 Å². The van der Waals surface area contributed by atoms with Gasteiger partial charge in [0.1, 0.15) is 22.7 Å². The van der Waals surface area contributed by atoms with Crippen LogP contribution in [-0.2, 0) is 0 Å². The van der Waals surface area contributed by atoms with Crippen molar-refractivity contribution in [1.82, 2.24) is 15.6 Å². The van der Waals surface area contributed by atoms with Crippen LogP contribution in [0.5, 0.6) is 0 Å². The van der Waals surface area contributed by atoms with Crippen molar-refractivity contribution in [3.05, 3.63) is 46.5 Å². The number of piperazine rings is 1. The minimum absolute atomic E-state index is 0.0193. The molecule has 1 fully saturated rings. The maximum atomic E-state index is 15.8. The number of hydrazine groups is 1. The number of carbonyl (C=O) groups excluding carboxylic acids is 1. The molecule has 3 aliphatic rings. The van der Waals surface area contributed by atoms with Crippen LogP contribution in [-0.4, -0.2) is 43.0 Å². The van der Waals surface area contributed by atoms with E-state index in [9.17, 15) is 14.4 Å². The lowest BCUT2D eigenvalue weighted by atomic mass is 9.90. The fraction of sp³-hybridized carbons (Fsp3) is 0.304. The number of fused-ring (bicyclic) bond motifs is 2. The van der Waals surface area contributed by atoms with Gasteiger partial charge in [-0.2, -0.15) is 10.7 Å². The summed E-state index contributed by atoms with van der Waals surface area (Å²) < 4.78 is 46.0. The van der Waals surface area contributed by atoms with E-state index >= 15 is 8.78 Å². The van der Waals surface area contributed by atoms with E-state index in [4.69, 9.17) is 5.73 Å². The number of nitriles is 1. The van der Waals surface area contributed by atoms with Gasteiger partial charge in [-0.05, 0) is 24.1 Å². The Bertz CT molecular complexity index is 1420. The standard InChI is InChI=1S/C23H19F3N6OS/c24-14-2-1-11(16-13(8-27)22(28)34-20(14)16)17-15(25)7-12-19-18(17)21(26)30-32(19)5-3-10-9-29-4-6-31(10)23(12)33/h1-2,7,10,21,29-30H,3-6,9,28H2/t10-,21?/m0/s1. The number of thiophene rings is 1. The fourth-order valence-corrected chi connectivity index (χ4v) is 6.25. The maximum Gasteiger partial charge on any atom is 0.256 e. The van der Waals surface area contributed by atoms with Crippen LogP contribution in [0.25, 0.3) is 21.2 Å². The van der Waals surface area contributed by atoms with E-state index in [2.05, 4.69) is 10.7 Å². The molecule has 6 rings (SSSR count). The average Bonchev–Trinajstić information content (AvgIpc) is 3.34. The number of benzene rings is 2. The third-order valence-electron chi connectivity index (χ3n) is 6.81. The quantitative estimate of drug-likeness (QED) is 0.458. The molecule has 1 amide bonds. The van der Waals surface area contributed by atoms with Crippen molar-refractivity contribution < 1.29 is 18.0 Å². The molecular formula is C23H19F3N6OS. The van der Waals surface area contributed by atoms with Gasteiger partial charge in [-0.1, -0.05) is 6.07 Å². The van der Waals surface area contributed by atoms with Gasteiger partial charge < -0.3 is 21.0 Å². The molecule has 0 saturated carbocycles. The summed E-state index contributed by atoms with van der Waals surface area (Å²) in [4.78, 5) is 15.2. The molecule has 0 spiro atoms. The highest BCUT2D eigenvalue weighted by Gasteiger charge is 2.41. The highest BCUT2D eigenvalue weighted by atomic mass is 32.1. The Morgan fingerprint density at radius 1 is 1.21 bits per heavy atom. The van der Waals surface area contributed by atoms with E-state index in [1.807, 2.05) is 6.07 Å². The molecule has 0 radical (unpaired) electrons. The monoisotopic (exact) mass is 484 g/mol. The van der Waals surface area contributed by atoms with Crippen LogP contribution >= 0.6 is 11.3 Å². The van der Waals surface area contributed by atoms with Gasteiger partial charge in [-0.3, -0.25) is 4.79 Å². The Kier molecular flexibility index (Phi) is 4.74. The predicted molar refractivity (Wildman–Crippen MR) is 123 cm³/mol. The first-order chi connectivity index (χ1) is 16.4. The lowest BCUT2D eigenvalue weighted by Crippen LogP contribution is -2.56. The number of hydrogen-bond acceptors (Lipinski definition) is 7. The molecule has 1 saturated heterocycles. The number of nitrogen functional groups attached to an aromatic ring is 1. The summed E-state index contributed by atoms with van der Waals surface area (Å²) in [6.07, 6.45) is -1.19. The smallest absolute Gasteiger partial charge is 0.256 e. The van der Waals surface area contributed by atoms with Crippen LogP contribution in [0.4, 0.5) is 23.9 Å². The third kappa shape index (κ3) is 2.86. The zero-order chi connectivity index (χ0) is 23.7. The molecule has 4 heterocycles. The van der Waals surface area contributed by atoms with E-state index in [-0.39, 0.29) is 60.5 Å². The van der Waals surface area contributed by atoms with Crippen molar-refractivity contribution in [2.45, 2.75) is 18.8 Å². The number of nitrogens with two attached hydrogens (primary N) is 1. The fourth-order valence-electron chi connectivity index (χ4n) is 5.30. The lowest BCUT2D eigenvalue weighted by Gasteiger charge is -2.39. The molecule has 2 atom stereocenters. The molecule has 11 heteroatoms. The number of nitrogens with zero attached hydrogens (tertiary/aromatic N) is 3. The number of anilines is 2. The zero-order valence-corrected chi connectivity index (χ0v) is 18.6. The highest BCUT2D eigenvalue weighted by molar-refractivity contribution is 7.23. The molecule has 4 N–H and O–H groups in total. The third-order valence-corrected chi connectivity index (χ3v) is 7.84. The van der Waals surface area contributed by atoms with Gasteiger partial charge in [0.15, 0.2) is 6.30 Å². The Hall–Kier alpha value is -3.33. The molecule has 7 nitrogen and oxygen atoms in total. The number of rotatable bonds is 1. The van der Waals surface area contributed by atoms with Crippen molar-refractivity contribution >= 4 is 38.0 Å². The maximum absolute atomic E-state index is 15.8. The van der Waals surface area contributed by atoms with Gasteiger partial charge in [0.2, 0.25) is 0 Å². The minimum atomic E-state index is -1.79. The van der Waals surface area contributed by atoms with E-state index in [0.717, 1.165) is 23.5 Å². The number of amides is 1. The van der Waals surface area contributed by atoms with Crippen molar-refractivity contribution in [1.29, 1.82) is 5.26 Å². The Balaban J connectivity index is 1.64. The average molecular weight is 485 g/mol. The highest BCUT2D eigenvalue weighted by Crippen LogP contribution is 2.49. The van der Waals surface area contributed by atoms with Gasteiger partial charge in [-0.25, -0.2) is 13.2 Å². The summed E-state index contributed by atoms with van der Waals surface area (Å²) in [5.41, 5.74) is 9.08. The number of hydrogen-bond donors (Lipinski definition) is 3. The van der Waals surface area contributed by atoms with Crippen LogP contribution in [0, 0.1) is 23.0 Å². The molecule has 34 heavy (non-hydrogen) atoms. The topological polar surface area (TPSA) is 97.4 Å². The molecule has 1 aromatic heterocycles.